The molecule has 0 spiro atoms. The minimum atomic E-state index is -0.127. The number of aromatic hydroxyl groups is 1. The monoisotopic (exact) mass is 209 g/mol. The van der Waals surface area contributed by atoms with Crippen LogP contribution in [0.4, 0.5) is 5.69 Å². The number of hydrogen-bond acceptors (Lipinski definition) is 3. The van der Waals surface area contributed by atoms with Crippen molar-refractivity contribution in [1.82, 2.24) is 0 Å². The molecule has 82 valence electrons. The molecule has 1 aromatic carbocycles. The lowest BCUT2D eigenvalue weighted by Gasteiger charge is -2.08. The maximum atomic E-state index is 11.3. The number of aliphatic hydroxyl groups is 1. The number of nitrogens with one attached hydrogen (secondary N) is 1. The molecule has 3 N–H and O–H groups in total. The van der Waals surface area contributed by atoms with Crippen LogP contribution in [0.1, 0.15) is 18.4 Å². The summed E-state index contributed by atoms with van der Waals surface area (Å²) in [4.78, 5) is 11.3. The molecule has 0 aliphatic heterocycles. The first kappa shape index (κ1) is 11.5. The molecule has 15 heavy (non-hydrogen) atoms. The van der Waals surface area contributed by atoms with Gasteiger partial charge in [0.1, 0.15) is 5.75 Å². The summed E-state index contributed by atoms with van der Waals surface area (Å²) in [6.07, 6.45) is 0.764. The third-order valence-electron chi connectivity index (χ3n) is 2.05. The number of benzene rings is 1. The Morgan fingerprint density at radius 1 is 1.47 bits per heavy atom. The summed E-state index contributed by atoms with van der Waals surface area (Å²) in [5.41, 5.74) is 1.50. The molecule has 1 aromatic rings. The zero-order chi connectivity index (χ0) is 11.3. The average Bonchev–Trinajstić information content (AvgIpc) is 2.19. The Morgan fingerprint density at radius 3 is 2.80 bits per heavy atom. The van der Waals surface area contributed by atoms with Crippen molar-refractivity contribution in [3.8, 4) is 5.75 Å². The summed E-state index contributed by atoms with van der Waals surface area (Å²) >= 11 is 0. The van der Waals surface area contributed by atoms with Crippen LogP contribution in [0.5, 0.6) is 5.75 Å². The number of hydrogen-bond donors (Lipinski definition) is 3. The Balaban J connectivity index is 2.60. The first-order valence-corrected chi connectivity index (χ1v) is 4.84. The average molecular weight is 209 g/mol. The number of rotatable bonds is 4. The zero-order valence-electron chi connectivity index (χ0n) is 8.66. The van der Waals surface area contributed by atoms with Gasteiger partial charge in [-0.2, -0.15) is 0 Å². The predicted octanol–water partition coefficient (Wildman–Crippen LogP) is 1.41. The number of aryl methyl sites for hydroxylation is 1. The number of carbonyl (C=O) groups is 1. The second kappa shape index (κ2) is 5.36. The smallest absolute Gasteiger partial charge is 0.224 e. The molecule has 0 bridgehead atoms. The van der Waals surface area contributed by atoms with Gasteiger partial charge in [-0.1, -0.05) is 0 Å². The van der Waals surface area contributed by atoms with Gasteiger partial charge >= 0.3 is 0 Å². The van der Waals surface area contributed by atoms with Crippen LogP contribution in [-0.2, 0) is 4.79 Å². The van der Waals surface area contributed by atoms with E-state index in [2.05, 4.69) is 5.32 Å². The van der Waals surface area contributed by atoms with Crippen molar-refractivity contribution in [1.29, 1.82) is 0 Å². The molecule has 0 radical (unpaired) electrons. The lowest BCUT2D eigenvalue weighted by molar-refractivity contribution is -0.116. The van der Waals surface area contributed by atoms with E-state index in [1.165, 1.54) is 6.07 Å². The van der Waals surface area contributed by atoms with Crippen molar-refractivity contribution in [2.24, 2.45) is 0 Å². The van der Waals surface area contributed by atoms with Gasteiger partial charge in [-0.05, 0) is 37.1 Å². The Hall–Kier alpha value is -1.55. The SMILES string of the molecule is Cc1cc(O)ccc1NC(=O)CCCO. The van der Waals surface area contributed by atoms with Gasteiger partial charge in [0.25, 0.3) is 0 Å². The molecule has 0 unspecified atom stereocenters. The first-order valence-electron chi connectivity index (χ1n) is 4.84. The van der Waals surface area contributed by atoms with Crippen molar-refractivity contribution in [2.45, 2.75) is 19.8 Å². The highest BCUT2D eigenvalue weighted by Gasteiger charge is 2.04. The molecule has 1 amide bonds. The second-order valence-electron chi connectivity index (χ2n) is 3.37. The van der Waals surface area contributed by atoms with E-state index < -0.39 is 0 Å². The fourth-order valence-electron chi connectivity index (χ4n) is 1.24. The summed E-state index contributed by atoms with van der Waals surface area (Å²) in [5, 5.41) is 20.4. The van der Waals surface area contributed by atoms with Crippen LogP contribution >= 0.6 is 0 Å². The van der Waals surface area contributed by atoms with Crippen molar-refractivity contribution < 1.29 is 15.0 Å². The van der Waals surface area contributed by atoms with Gasteiger partial charge in [0.15, 0.2) is 0 Å². The van der Waals surface area contributed by atoms with Crippen LogP contribution in [0.2, 0.25) is 0 Å². The molecule has 0 aliphatic rings. The zero-order valence-corrected chi connectivity index (χ0v) is 8.66. The molecule has 0 saturated carbocycles. The van der Waals surface area contributed by atoms with Crippen LogP contribution in [0.3, 0.4) is 0 Å². The van der Waals surface area contributed by atoms with Gasteiger partial charge in [0.05, 0.1) is 0 Å². The van der Waals surface area contributed by atoms with Gasteiger partial charge in [0.2, 0.25) is 5.91 Å². The van der Waals surface area contributed by atoms with Crippen molar-refractivity contribution >= 4 is 11.6 Å². The van der Waals surface area contributed by atoms with Crippen LogP contribution in [0.15, 0.2) is 18.2 Å². The van der Waals surface area contributed by atoms with Gasteiger partial charge in [0, 0.05) is 18.7 Å². The standard InChI is InChI=1S/C11H15NO3/c1-8-7-9(14)4-5-10(8)12-11(15)3-2-6-13/h4-5,7,13-14H,2-3,6H2,1H3,(H,12,15). The summed E-state index contributed by atoms with van der Waals surface area (Å²) in [6, 6.07) is 4.76. The minimum absolute atomic E-state index is 0.0159. The lowest BCUT2D eigenvalue weighted by Crippen LogP contribution is -2.12. The fraction of sp³-hybridized carbons (Fsp3) is 0.364. The largest absolute Gasteiger partial charge is 0.508 e. The maximum Gasteiger partial charge on any atom is 0.224 e. The molecular formula is C11H15NO3. The molecule has 4 heteroatoms. The maximum absolute atomic E-state index is 11.3. The van der Waals surface area contributed by atoms with E-state index in [1.807, 2.05) is 0 Å². The van der Waals surface area contributed by atoms with Crippen molar-refractivity contribution in [3.05, 3.63) is 23.8 Å². The van der Waals surface area contributed by atoms with E-state index in [1.54, 1.807) is 19.1 Å². The van der Waals surface area contributed by atoms with E-state index >= 15 is 0 Å². The molecule has 4 nitrogen and oxygen atoms in total. The topological polar surface area (TPSA) is 69.6 Å². The van der Waals surface area contributed by atoms with Crippen molar-refractivity contribution in [2.75, 3.05) is 11.9 Å². The van der Waals surface area contributed by atoms with Crippen LogP contribution in [0.25, 0.3) is 0 Å². The number of phenols is 1. The Morgan fingerprint density at radius 2 is 2.20 bits per heavy atom. The molecule has 0 saturated heterocycles. The fourth-order valence-corrected chi connectivity index (χ4v) is 1.24. The molecule has 0 aliphatic carbocycles. The van der Waals surface area contributed by atoms with E-state index in [0.717, 1.165) is 5.56 Å². The number of aliphatic hydroxyl groups excluding tert-OH is 1. The molecule has 0 aromatic heterocycles. The molecule has 0 atom stereocenters. The number of amides is 1. The van der Waals surface area contributed by atoms with Crippen molar-refractivity contribution in [3.63, 3.8) is 0 Å². The molecule has 0 fully saturated rings. The van der Waals surface area contributed by atoms with E-state index in [-0.39, 0.29) is 18.3 Å². The van der Waals surface area contributed by atoms with E-state index in [4.69, 9.17) is 10.2 Å². The van der Waals surface area contributed by atoms with Gasteiger partial charge in [-0.15, -0.1) is 0 Å². The summed E-state index contributed by atoms with van der Waals surface area (Å²) in [6.45, 7) is 1.82. The predicted molar refractivity (Wildman–Crippen MR) is 57.8 cm³/mol. The third-order valence-corrected chi connectivity index (χ3v) is 2.05. The molecular weight excluding hydrogens is 194 g/mol. The first-order chi connectivity index (χ1) is 7.13. The van der Waals surface area contributed by atoms with Crippen LogP contribution < -0.4 is 5.32 Å². The van der Waals surface area contributed by atoms with E-state index in [0.29, 0.717) is 18.5 Å². The normalized spacial score (nSPS) is 10.0. The second-order valence-corrected chi connectivity index (χ2v) is 3.37. The highest BCUT2D eigenvalue weighted by atomic mass is 16.3. The van der Waals surface area contributed by atoms with Gasteiger partial charge in [-0.3, -0.25) is 4.79 Å². The number of phenolic OH excluding ortho intramolecular Hbond substituents is 1. The Bertz CT molecular complexity index is 350. The number of carbonyl (C=O) groups excluding carboxylic acids is 1. The molecule has 0 heterocycles. The quantitative estimate of drug-likeness (QED) is 0.657. The lowest BCUT2D eigenvalue weighted by atomic mass is 10.2. The van der Waals surface area contributed by atoms with Gasteiger partial charge in [-0.25, -0.2) is 0 Å². The van der Waals surface area contributed by atoms with E-state index in [9.17, 15) is 4.79 Å². The summed E-state index contributed by atoms with van der Waals surface area (Å²) < 4.78 is 0. The summed E-state index contributed by atoms with van der Waals surface area (Å²) in [7, 11) is 0. The highest BCUT2D eigenvalue weighted by molar-refractivity contribution is 5.91. The Kier molecular flexibility index (Phi) is 4.12. The molecule has 1 rings (SSSR count). The highest BCUT2D eigenvalue weighted by Crippen LogP contribution is 2.20. The van der Waals surface area contributed by atoms with Crippen LogP contribution in [0, 0.1) is 6.92 Å². The summed E-state index contributed by atoms with van der Waals surface area (Å²) in [5.74, 6) is 0.0543. The third kappa shape index (κ3) is 3.59. The minimum Gasteiger partial charge on any atom is -0.508 e. The number of anilines is 1. The van der Waals surface area contributed by atoms with Crippen LogP contribution in [-0.4, -0.2) is 22.7 Å². The van der Waals surface area contributed by atoms with Gasteiger partial charge < -0.3 is 15.5 Å². The Labute approximate surface area is 88.6 Å².